The highest BCUT2D eigenvalue weighted by atomic mass is 15.4. The van der Waals surface area contributed by atoms with E-state index in [1.54, 1.807) is 0 Å². The summed E-state index contributed by atoms with van der Waals surface area (Å²) in [7, 11) is 0. The van der Waals surface area contributed by atoms with Crippen molar-refractivity contribution in [1.29, 1.82) is 0 Å². The van der Waals surface area contributed by atoms with Gasteiger partial charge in [-0.1, -0.05) is 109 Å². The van der Waals surface area contributed by atoms with Gasteiger partial charge in [-0.2, -0.15) is 4.48 Å². The van der Waals surface area contributed by atoms with E-state index in [9.17, 15) is 0 Å². The molecular formula is C48H32N3+. The summed E-state index contributed by atoms with van der Waals surface area (Å²) in [6.07, 6.45) is 0. The molecule has 10 aromatic rings. The maximum Gasteiger partial charge on any atom is 0.156 e. The molecular weight excluding hydrogens is 619 g/mol. The summed E-state index contributed by atoms with van der Waals surface area (Å²) < 4.78 is 5.37. The fourth-order valence-corrected chi connectivity index (χ4v) is 8.88. The molecule has 0 atom stereocenters. The maximum absolute atomic E-state index is 2.43. The van der Waals surface area contributed by atoms with Crippen LogP contribution in [-0.4, -0.2) is 9.13 Å². The molecule has 3 heterocycles. The van der Waals surface area contributed by atoms with Crippen LogP contribution in [0, 0.1) is 0 Å². The number of hydrogen-bond acceptors (Lipinski definition) is 0. The van der Waals surface area contributed by atoms with Crippen LogP contribution in [0.2, 0.25) is 0 Å². The molecule has 0 radical (unpaired) electrons. The van der Waals surface area contributed by atoms with E-state index >= 15 is 0 Å². The SMILES string of the molecule is c1ccc([N+]2(c3ccccc3)c3ccc(-n4c5ccccc5c5ccccc54)cc3-c3cc(-n4c5ccccc5c5ccccc54)ccc32)cc1. The average Bonchev–Trinajstić information content (AvgIpc) is 3.82. The van der Waals surface area contributed by atoms with E-state index in [1.165, 1.54) is 77.5 Å². The predicted molar refractivity (Wildman–Crippen MR) is 214 cm³/mol. The number of benzene rings is 8. The molecule has 0 saturated carbocycles. The Bertz CT molecular complexity index is 2660. The van der Waals surface area contributed by atoms with E-state index in [-0.39, 0.29) is 0 Å². The first-order valence-corrected chi connectivity index (χ1v) is 17.6. The van der Waals surface area contributed by atoms with Crippen molar-refractivity contribution in [2.24, 2.45) is 0 Å². The number of fused-ring (bicyclic) bond motifs is 9. The van der Waals surface area contributed by atoms with Crippen LogP contribution < -0.4 is 4.48 Å². The van der Waals surface area contributed by atoms with Gasteiger partial charge in [-0.3, -0.25) is 0 Å². The summed E-state index contributed by atoms with van der Waals surface area (Å²) in [6, 6.07) is 71.2. The normalized spacial score (nSPS) is 13.3. The lowest BCUT2D eigenvalue weighted by Gasteiger charge is -2.34. The van der Waals surface area contributed by atoms with E-state index in [2.05, 4.69) is 203 Å². The minimum Gasteiger partial charge on any atom is -0.309 e. The summed E-state index contributed by atoms with van der Waals surface area (Å²) in [5.41, 5.74) is 14.5. The summed E-state index contributed by atoms with van der Waals surface area (Å²) in [5.74, 6) is 0. The molecule has 1 aliphatic rings. The second kappa shape index (κ2) is 10.7. The van der Waals surface area contributed by atoms with E-state index in [0.717, 1.165) is 11.4 Å². The standard InChI is InChI=1S/C48H32N3/c1-3-15-35(16-4-1)51(36-17-5-2-6-18-36)47-29-27-33(49-43-23-11-7-19-37(43)38-20-8-12-24-44(38)49)31-41(47)42-32-34(28-30-48(42)51)50-45-25-13-9-21-39(45)40-22-10-14-26-46(40)50/h1-32H/q+1. The fraction of sp³-hybridized carbons (Fsp3) is 0. The second-order valence-electron chi connectivity index (χ2n) is 13.5. The van der Waals surface area contributed by atoms with Crippen molar-refractivity contribution in [2.45, 2.75) is 0 Å². The van der Waals surface area contributed by atoms with Crippen molar-refractivity contribution in [3.05, 3.63) is 194 Å². The molecule has 3 nitrogen and oxygen atoms in total. The van der Waals surface area contributed by atoms with Gasteiger partial charge in [0.1, 0.15) is 11.4 Å². The molecule has 11 rings (SSSR count). The minimum absolute atomic E-state index is 0.507. The smallest absolute Gasteiger partial charge is 0.156 e. The fourth-order valence-electron chi connectivity index (χ4n) is 8.88. The first-order valence-electron chi connectivity index (χ1n) is 17.6. The molecule has 8 aromatic carbocycles. The zero-order chi connectivity index (χ0) is 33.5. The predicted octanol–water partition coefficient (Wildman–Crippen LogP) is 13.2. The zero-order valence-electron chi connectivity index (χ0n) is 27.8. The second-order valence-corrected chi connectivity index (χ2v) is 13.5. The van der Waals surface area contributed by atoms with Crippen LogP contribution in [0.15, 0.2) is 194 Å². The highest BCUT2D eigenvalue weighted by molar-refractivity contribution is 6.11. The Labute approximate surface area is 295 Å². The van der Waals surface area contributed by atoms with Crippen molar-refractivity contribution in [3.63, 3.8) is 0 Å². The van der Waals surface area contributed by atoms with Crippen LogP contribution in [-0.2, 0) is 0 Å². The van der Waals surface area contributed by atoms with Crippen LogP contribution in [0.4, 0.5) is 22.7 Å². The van der Waals surface area contributed by atoms with Gasteiger partial charge in [0, 0.05) is 69.3 Å². The topological polar surface area (TPSA) is 9.86 Å². The third-order valence-corrected chi connectivity index (χ3v) is 10.9. The summed E-state index contributed by atoms with van der Waals surface area (Å²) in [4.78, 5) is 0. The van der Waals surface area contributed by atoms with Gasteiger partial charge in [-0.15, -0.1) is 0 Å². The summed E-state index contributed by atoms with van der Waals surface area (Å²) in [6.45, 7) is 0. The largest absolute Gasteiger partial charge is 0.309 e. The first-order chi connectivity index (χ1) is 25.3. The number of rotatable bonds is 4. The molecule has 0 bridgehead atoms. The van der Waals surface area contributed by atoms with E-state index in [0.29, 0.717) is 4.48 Å². The molecule has 0 amide bonds. The molecule has 0 fully saturated rings. The Hall–Kier alpha value is -6.68. The number of aromatic nitrogens is 2. The number of hydrogen-bond donors (Lipinski definition) is 0. The third kappa shape index (κ3) is 3.81. The van der Waals surface area contributed by atoms with Crippen molar-refractivity contribution in [2.75, 3.05) is 0 Å². The summed E-state index contributed by atoms with van der Waals surface area (Å²) >= 11 is 0. The number of nitrogens with zero attached hydrogens (tertiary/aromatic N) is 3. The van der Waals surface area contributed by atoms with Crippen LogP contribution in [0.25, 0.3) is 66.1 Å². The van der Waals surface area contributed by atoms with Gasteiger partial charge in [0.15, 0.2) is 11.4 Å². The summed E-state index contributed by atoms with van der Waals surface area (Å²) in [5, 5.41) is 5.06. The Morgan fingerprint density at radius 2 is 0.608 bits per heavy atom. The molecule has 238 valence electrons. The molecule has 2 aromatic heterocycles. The average molecular weight is 651 g/mol. The van der Waals surface area contributed by atoms with Crippen molar-refractivity contribution in [1.82, 2.24) is 13.6 Å². The minimum atomic E-state index is 0.507. The Balaban J connectivity index is 1.25. The lowest BCUT2D eigenvalue weighted by molar-refractivity contribution is 0.721. The number of para-hydroxylation sites is 6. The molecule has 0 unspecified atom stereocenters. The van der Waals surface area contributed by atoms with Gasteiger partial charge in [0.05, 0.1) is 33.2 Å². The van der Waals surface area contributed by atoms with Crippen LogP contribution in [0.1, 0.15) is 0 Å². The van der Waals surface area contributed by atoms with Crippen LogP contribution in [0.5, 0.6) is 0 Å². The Kier molecular flexibility index (Phi) is 5.89. The molecule has 0 saturated heterocycles. The molecule has 1 aliphatic heterocycles. The van der Waals surface area contributed by atoms with Gasteiger partial charge in [-0.05, 0) is 48.5 Å². The molecule has 0 aliphatic carbocycles. The van der Waals surface area contributed by atoms with E-state index < -0.39 is 0 Å². The molecule has 0 N–H and O–H groups in total. The van der Waals surface area contributed by atoms with Crippen molar-refractivity contribution in [3.8, 4) is 22.5 Å². The lowest BCUT2D eigenvalue weighted by Crippen LogP contribution is -2.31. The van der Waals surface area contributed by atoms with Crippen molar-refractivity contribution >= 4 is 66.4 Å². The van der Waals surface area contributed by atoms with Gasteiger partial charge >= 0.3 is 0 Å². The highest BCUT2D eigenvalue weighted by Gasteiger charge is 2.48. The van der Waals surface area contributed by atoms with Crippen molar-refractivity contribution < 1.29 is 0 Å². The lowest BCUT2D eigenvalue weighted by atomic mass is 10.0. The van der Waals surface area contributed by atoms with Gasteiger partial charge in [-0.25, -0.2) is 0 Å². The quantitative estimate of drug-likeness (QED) is 0.168. The molecule has 0 spiro atoms. The van der Waals surface area contributed by atoms with Gasteiger partial charge < -0.3 is 9.13 Å². The maximum atomic E-state index is 2.43. The van der Waals surface area contributed by atoms with Gasteiger partial charge in [0.2, 0.25) is 0 Å². The van der Waals surface area contributed by atoms with E-state index in [4.69, 9.17) is 0 Å². The third-order valence-electron chi connectivity index (χ3n) is 10.9. The first kappa shape index (κ1) is 28.2. The Morgan fingerprint density at radius 3 is 0.961 bits per heavy atom. The number of quaternary nitrogens is 1. The monoisotopic (exact) mass is 650 g/mol. The zero-order valence-corrected chi connectivity index (χ0v) is 27.8. The molecule has 3 heteroatoms. The van der Waals surface area contributed by atoms with E-state index in [1.807, 2.05) is 0 Å². The highest BCUT2D eigenvalue weighted by Crippen LogP contribution is 2.63. The van der Waals surface area contributed by atoms with Crippen LogP contribution in [0.3, 0.4) is 0 Å². The van der Waals surface area contributed by atoms with Crippen LogP contribution >= 0.6 is 0 Å². The van der Waals surface area contributed by atoms with Gasteiger partial charge in [0.25, 0.3) is 0 Å². The molecule has 51 heavy (non-hydrogen) atoms. The Morgan fingerprint density at radius 1 is 0.294 bits per heavy atom.